The van der Waals surface area contributed by atoms with E-state index in [1.165, 1.54) is 0 Å². The number of amides is 1. The van der Waals surface area contributed by atoms with Crippen LogP contribution in [-0.2, 0) is 9.59 Å². The molecule has 1 saturated heterocycles. The molecule has 0 spiro atoms. The first-order valence-electron chi connectivity index (χ1n) is 7.71. The molecule has 4 heteroatoms. The molecule has 0 aliphatic carbocycles. The standard InChI is InChI=1S/C17H24N2O2/c1-14-5-2-7-16(11-14)18-17(21)8-4-10-19-9-3-6-15(12-19)13-20/h2,5,7,11,13,15H,3-4,6,8-10,12H2,1H3,(H,18,21). The number of nitrogens with zero attached hydrogens (tertiary/aromatic N) is 1. The first-order valence-corrected chi connectivity index (χ1v) is 7.71. The maximum Gasteiger partial charge on any atom is 0.224 e. The summed E-state index contributed by atoms with van der Waals surface area (Å²) < 4.78 is 0. The summed E-state index contributed by atoms with van der Waals surface area (Å²) >= 11 is 0. The van der Waals surface area contributed by atoms with E-state index in [0.717, 1.165) is 56.4 Å². The molecule has 1 N–H and O–H groups in total. The molecule has 1 unspecified atom stereocenters. The number of hydrogen-bond acceptors (Lipinski definition) is 3. The van der Waals surface area contributed by atoms with Gasteiger partial charge in [-0.3, -0.25) is 4.79 Å². The number of carbonyl (C=O) groups is 2. The molecule has 4 nitrogen and oxygen atoms in total. The highest BCUT2D eigenvalue weighted by Gasteiger charge is 2.18. The van der Waals surface area contributed by atoms with Crippen LogP contribution in [0.4, 0.5) is 5.69 Å². The molecule has 1 fully saturated rings. The first-order chi connectivity index (χ1) is 10.2. The van der Waals surface area contributed by atoms with Gasteiger partial charge in [0.05, 0.1) is 0 Å². The van der Waals surface area contributed by atoms with E-state index in [1.54, 1.807) is 0 Å². The van der Waals surface area contributed by atoms with Gasteiger partial charge >= 0.3 is 0 Å². The molecule has 1 aromatic carbocycles. The van der Waals surface area contributed by atoms with Crippen LogP contribution in [-0.4, -0.2) is 36.7 Å². The fourth-order valence-corrected chi connectivity index (χ4v) is 2.81. The van der Waals surface area contributed by atoms with Crippen molar-refractivity contribution in [2.24, 2.45) is 5.92 Å². The lowest BCUT2D eigenvalue weighted by Crippen LogP contribution is -2.36. The normalized spacial score (nSPS) is 19.2. The van der Waals surface area contributed by atoms with E-state index in [0.29, 0.717) is 6.42 Å². The molecule has 0 saturated carbocycles. The molecule has 2 rings (SSSR count). The molecule has 1 heterocycles. The zero-order chi connectivity index (χ0) is 15.1. The van der Waals surface area contributed by atoms with Crippen LogP contribution in [0.25, 0.3) is 0 Å². The predicted molar refractivity (Wildman–Crippen MR) is 84.3 cm³/mol. The number of aryl methyl sites for hydroxylation is 1. The Kier molecular flexibility index (Phi) is 5.93. The molecule has 0 bridgehead atoms. The van der Waals surface area contributed by atoms with Gasteiger partial charge in [-0.2, -0.15) is 0 Å². The number of benzene rings is 1. The van der Waals surface area contributed by atoms with Crippen molar-refractivity contribution in [2.75, 3.05) is 25.0 Å². The average molecular weight is 288 g/mol. The van der Waals surface area contributed by atoms with Gasteiger partial charge in [-0.1, -0.05) is 12.1 Å². The zero-order valence-electron chi connectivity index (χ0n) is 12.7. The second kappa shape index (κ2) is 7.93. The Morgan fingerprint density at radius 1 is 1.48 bits per heavy atom. The number of rotatable bonds is 6. The van der Waals surface area contributed by atoms with Crippen LogP contribution in [0.1, 0.15) is 31.2 Å². The highest BCUT2D eigenvalue weighted by atomic mass is 16.1. The molecule has 114 valence electrons. The zero-order valence-corrected chi connectivity index (χ0v) is 12.7. The summed E-state index contributed by atoms with van der Waals surface area (Å²) in [6.45, 7) is 4.80. The van der Waals surface area contributed by atoms with E-state index in [1.807, 2.05) is 31.2 Å². The Bertz CT molecular complexity index is 487. The molecule has 0 radical (unpaired) electrons. The van der Waals surface area contributed by atoms with E-state index in [4.69, 9.17) is 0 Å². The molecule has 0 aromatic heterocycles. The summed E-state index contributed by atoms with van der Waals surface area (Å²) in [5.41, 5.74) is 2.00. The monoisotopic (exact) mass is 288 g/mol. The summed E-state index contributed by atoms with van der Waals surface area (Å²) in [5.74, 6) is 0.240. The molecule has 1 aliphatic rings. The fraction of sp³-hybridized carbons (Fsp3) is 0.529. The Morgan fingerprint density at radius 2 is 2.33 bits per heavy atom. The number of likely N-dealkylation sites (tertiary alicyclic amines) is 1. The van der Waals surface area contributed by atoms with Gasteiger partial charge in [0, 0.05) is 24.6 Å². The van der Waals surface area contributed by atoms with Gasteiger partial charge in [-0.15, -0.1) is 0 Å². The van der Waals surface area contributed by atoms with Crippen molar-refractivity contribution in [3.63, 3.8) is 0 Å². The number of piperidine rings is 1. The first kappa shape index (κ1) is 15.7. The van der Waals surface area contributed by atoms with Gasteiger partial charge in [0.2, 0.25) is 5.91 Å². The van der Waals surface area contributed by atoms with Crippen molar-refractivity contribution >= 4 is 17.9 Å². The van der Waals surface area contributed by atoms with Crippen molar-refractivity contribution in [2.45, 2.75) is 32.6 Å². The van der Waals surface area contributed by atoms with Gasteiger partial charge in [0.1, 0.15) is 6.29 Å². The highest BCUT2D eigenvalue weighted by Crippen LogP contribution is 2.15. The molecule has 21 heavy (non-hydrogen) atoms. The quantitative estimate of drug-likeness (QED) is 0.819. The van der Waals surface area contributed by atoms with E-state index in [2.05, 4.69) is 10.2 Å². The molecular formula is C17H24N2O2. The van der Waals surface area contributed by atoms with E-state index in [9.17, 15) is 9.59 Å². The van der Waals surface area contributed by atoms with Crippen LogP contribution in [0.5, 0.6) is 0 Å². The van der Waals surface area contributed by atoms with Crippen molar-refractivity contribution < 1.29 is 9.59 Å². The van der Waals surface area contributed by atoms with Crippen molar-refractivity contribution in [1.29, 1.82) is 0 Å². The van der Waals surface area contributed by atoms with Crippen LogP contribution < -0.4 is 5.32 Å². The third kappa shape index (κ3) is 5.31. The topological polar surface area (TPSA) is 49.4 Å². The molecule has 1 aromatic rings. The second-order valence-electron chi connectivity index (χ2n) is 5.86. The Morgan fingerprint density at radius 3 is 3.10 bits per heavy atom. The van der Waals surface area contributed by atoms with Crippen molar-refractivity contribution in [3.8, 4) is 0 Å². The van der Waals surface area contributed by atoms with Crippen LogP contribution in [0.3, 0.4) is 0 Å². The van der Waals surface area contributed by atoms with E-state index >= 15 is 0 Å². The third-order valence-electron chi connectivity index (χ3n) is 3.91. The number of anilines is 1. The predicted octanol–water partition coefficient (Wildman–Crippen LogP) is 2.62. The Balaban J connectivity index is 1.68. The number of carbonyl (C=O) groups excluding carboxylic acids is 2. The number of nitrogens with one attached hydrogen (secondary N) is 1. The SMILES string of the molecule is Cc1cccc(NC(=O)CCCN2CCCC(C=O)C2)c1. The minimum atomic E-state index is 0.0598. The molecular weight excluding hydrogens is 264 g/mol. The van der Waals surface area contributed by atoms with Crippen LogP contribution in [0, 0.1) is 12.8 Å². The van der Waals surface area contributed by atoms with Gasteiger partial charge in [0.25, 0.3) is 0 Å². The molecule has 1 atom stereocenters. The number of hydrogen-bond donors (Lipinski definition) is 1. The van der Waals surface area contributed by atoms with E-state index in [-0.39, 0.29) is 11.8 Å². The average Bonchev–Trinajstić information content (AvgIpc) is 2.47. The van der Waals surface area contributed by atoms with Crippen LogP contribution >= 0.6 is 0 Å². The Labute approximate surface area is 126 Å². The lowest BCUT2D eigenvalue weighted by atomic mass is 9.99. The van der Waals surface area contributed by atoms with E-state index < -0.39 is 0 Å². The Hall–Kier alpha value is -1.68. The molecule has 1 aliphatic heterocycles. The van der Waals surface area contributed by atoms with Gasteiger partial charge in [0.15, 0.2) is 0 Å². The van der Waals surface area contributed by atoms with Gasteiger partial charge in [-0.25, -0.2) is 0 Å². The molecule has 1 amide bonds. The lowest BCUT2D eigenvalue weighted by Gasteiger charge is -2.29. The van der Waals surface area contributed by atoms with Gasteiger partial charge in [-0.05, 0) is 57.0 Å². The lowest BCUT2D eigenvalue weighted by molar-refractivity contribution is -0.116. The summed E-state index contributed by atoms with van der Waals surface area (Å²) in [4.78, 5) is 25.0. The van der Waals surface area contributed by atoms with Gasteiger partial charge < -0.3 is 15.0 Å². The summed E-state index contributed by atoms with van der Waals surface area (Å²) in [5, 5.41) is 2.93. The minimum Gasteiger partial charge on any atom is -0.326 e. The number of aldehydes is 1. The maximum atomic E-state index is 11.9. The van der Waals surface area contributed by atoms with Crippen molar-refractivity contribution in [3.05, 3.63) is 29.8 Å². The van der Waals surface area contributed by atoms with Crippen LogP contribution in [0.15, 0.2) is 24.3 Å². The smallest absolute Gasteiger partial charge is 0.224 e. The minimum absolute atomic E-state index is 0.0598. The second-order valence-corrected chi connectivity index (χ2v) is 5.86. The third-order valence-corrected chi connectivity index (χ3v) is 3.91. The highest BCUT2D eigenvalue weighted by molar-refractivity contribution is 5.90. The summed E-state index contributed by atoms with van der Waals surface area (Å²) in [7, 11) is 0. The summed E-state index contributed by atoms with van der Waals surface area (Å²) in [6, 6.07) is 7.83. The van der Waals surface area contributed by atoms with Crippen molar-refractivity contribution in [1.82, 2.24) is 4.90 Å². The fourth-order valence-electron chi connectivity index (χ4n) is 2.81. The maximum absolute atomic E-state index is 11.9. The summed E-state index contributed by atoms with van der Waals surface area (Å²) in [6.07, 6.45) is 4.52. The van der Waals surface area contributed by atoms with Crippen LogP contribution in [0.2, 0.25) is 0 Å². The largest absolute Gasteiger partial charge is 0.326 e.